The van der Waals surface area contributed by atoms with Gasteiger partial charge in [0.2, 0.25) is 5.95 Å². The van der Waals surface area contributed by atoms with E-state index in [-0.39, 0.29) is 16.8 Å². The Hall–Kier alpha value is -2.17. The topological polar surface area (TPSA) is 57.8 Å². The zero-order valence-electron chi connectivity index (χ0n) is 11.1. The highest BCUT2D eigenvalue weighted by Gasteiger charge is 2.17. The summed E-state index contributed by atoms with van der Waals surface area (Å²) in [6.45, 7) is 5.92. The third kappa shape index (κ3) is 3.40. The molecule has 0 spiro atoms. The normalized spacial score (nSPS) is 11.4. The van der Waals surface area contributed by atoms with E-state index >= 15 is 0 Å². The molecule has 100 valence electrons. The van der Waals surface area contributed by atoms with E-state index in [9.17, 15) is 9.18 Å². The lowest BCUT2D eigenvalue weighted by molar-refractivity contribution is 0.567. The molecule has 2 N–H and O–H groups in total. The van der Waals surface area contributed by atoms with E-state index in [0.717, 1.165) is 0 Å². The van der Waals surface area contributed by atoms with Crippen LogP contribution >= 0.6 is 0 Å². The van der Waals surface area contributed by atoms with Crippen LogP contribution in [0, 0.1) is 5.82 Å². The lowest BCUT2D eigenvalue weighted by atomic mass is 9.92. The van der Waals surface area contributed by atoms with Crippen LogP contribution in [0.5, 0.6) is 0 Å². The molecule has 2 rings (SSSR count). The number of benzene rings is 1. The van der Waals surface area contributed by atoms with Crippen molar-refractivity contribution in [3.63, 3.8) is 0 Å². The number of halogens is 1. The van der Waals surface area contributed by atoms with Crippen molar-refractivity contribution in [2.75, 3.05) is 5.32 Å². The van der Waals surface area contributed by atoms with Crippen LogP contribution in [0.25, 0.3) is 0 Å². The summed E-state index contributed by atoms with van der Waals surface area (Å²) < 4.78 is 13.1. The summed E-state index contributed by atoms with van der Waals surface area (Å²) in [6, 6.07) is 7.45. The summed E-state index contributed by atoms with van der Waals surface area (Å²) in [7, 11) is 0. The number of H-pyrrole nitrogens is 1. The van der Waals surface area contributed by atoms with Gasteiger partial charge in [0.1, 0.15) is 5.82 Å². The summed E-state index contributed by atoms with van der Waals surface area (Å²) >= 11 is 0. The predicted octanol–water partition coefficient (Wildman–Crippen LogP) is 2.95. The molecule has 1 aromatic heterocycles. The third-order valence-corrected chi connectivity index (χ3v) is 2.60. The number of hydrogen-bond acceptors (Lipinski definition) is 3. The number of aromatic amines is 1. The Morgan fingerprint density at radius 2 is 2.00 bits per heavy atom. The van der Waals surface area contributed by atoms with Crippen molar-refractivity contribution in [1.29, 1.82) is 0 Å². The number of nitrogens with one attached hydrogen (secondary N) is 2. The Morgan fingerprint density at radius 3 is 2.63 bits per heavy atom. The second-order valence-electron chi connectivity index (χ2n) is 5.36. The largest absolute Gasteiger partial charge is 0.326 e. The summed E-state index contributed by atoms with van der Waals surface area (Å²) in [5.41, 5.74) is 0.746. The number of anilines is 2. The summed E-state index contributed by atoms with van der Waals surface area (Å²) in [4.78, 5) is 18.5. The summed E-state index contributed by atoms with van der Waals surface area (Å²) in [5.74, 6) is -0.0395. The Balaban J connectivity index is 2.36. The molecule has 0 radical (unpaired) electrons. The van der Waals surface area contributed by atoms with Gasteiger partial charge in [0.15, 0.2) is 0 Å². The molecule has 1 heterocycles. The molecule has 0 aliphatic heterocycles. The lowest BCUT2D eigenvalue weighted by Crippen LogP contribution is -2.20. The number of nitrogens with zero attached hydrogens (tertiary/aromatic N) is 1. The molecule has 0 aliphatic carbocycles. The maximum absolute atomic E-state index is 13.1. The van der Waals surface area contributed by atoms with Crippen molar-refractivity contribution >= 4 is 11.6 Å². The molecule has 4 nitrogen and oxygen atoms in total. The molecule has 0 saturated carbocycles. The van der Waals surface area contributed by atoms with Crippen LogP contribution in [0.4, 0.5) is 16.0 Å². The number of aromatic nitrogens is 2. The van der Waals surface area contributed by atoms with Gasteiger partial charge in [-0.15, -0.1) is 0 Å². The fraction of sp³-hybridized carbons (Fsp3) is 0.286. The van der Waals surface area contributed by atoms with E-state index in [4.69, 9.17) is 0 Å². The first-order valence-corrected chi connectivity index (χ1v) is 5.99. The lowest BCUT2D eigenvalue weighted by Gasteiger charge is -2.18. The minimum absolute atomic E-state index is 0.230. The summed E-state index contributed by atoms with van der Waals surface area (Å²) in [6.07, 6.45) is 0. The van der Waals surface area contributed by atoms with Gasteiger partial charge in [0.25, 0.3) is 5.56 Å². The van der Waals surface area contributed by atoms with Crippen molar-refractivity contribution in [2.45, 2.75) is 26.2 Å². The maximum atomic E-state index is 13.1. The molecule has 5 heteroatoms. The minimum Gasteiger partial charge on any atom is -0.326 e. The highest BCUT2D eigenvalue weighted by atomic mass is 19.1. The molecule has 0 atom stereocenters. The van der Waals surface area contributed by atoms with E-state index in [1.54, 1.807) is 12.1 Å². The third-order valence-electron chi connectivity index (χ3n) is 2.60. The van der Waals surface area contributed by atoms with Crippen LogP contribution < -0.4 is 10.9 Å². The van der Waals surface area contributed by atoms with Crippen LogP contribution in [0.2, 0.25) is 0 Å². The molecule has 2 aromatic rings. The van der Waals surface area contributed by atoms with Gasteiger partial charge in [0, 0.05) is 17.2 Å². The Morgan fingerprint density at radius 1 is 1.26 bits per heavy atom. The second-order valence-corrected chi connectivity index (χ2v) is 5.36. The Kier molecular flexibility index (Phi) is 3.38. The average Bonchev–Trinajstić information content (AvgIpc) is 2.26. The van der Waals surface area contributed by atoms with E-state index < -0.39 is 0 Å². The highest BCUT2D eigenvalue weighted by Crippen LogP contribution is 2.20. The quantitative estimate of drug-likeness (QED) is 0.873. The number of rotatable bonds is 2. The van der Waals surface area contributed by atoms with Gasteiger partial charge in [-0.1, -0.05) is 26.8 Å². The SMILES string of the molecule is CC(C)(C)c1cc(=O)[nH]c(Nc2cccc(F)c2)n1. The van der Waals surface area contributed by atoms with Gasteiger partial charge in [0.05, 0.1) is 5.69 Å². The highest BCUT2D eigenvalue weighted by molar-refractivity contribution is 5.52. The number of hydrogen-bond donors (Lipinski definition) is 2. The second kappa shape index (κ2) is 4.84. The van der Waals surface area contributed by atoms with Crippen molar-refractivity contribution in [3.05, 3.63) is 52.2 Å². The maximum Gasteiger partial charge on any atom is 0.252 e. The molecule has 0 bridgehead atoms. The zero-order chi connectivity index (χ0) is 14.0. The first kappa shape index (κ1) is 13.3. The molecular formula is C14H16FN3O. The summed E-state index contributed by atoms with van der Waals surface area (Å²) in [5, 5.41) is 2.89. The van der Waals surface area contributed by atoms with Crippen molar-refractivity contribution in [2.24, 2.45) is 0 Å². The van der Waals surface area contributed by atoms with Crippen LogP contribution in [0.1, 0.15) is 26.5 Å². The molecule has 0 fully saturated rings. The van der Waals surface area contributed by atoms with Crippen molar-refractivity contribution < 1.29 is 4.39 Å². The molecule has 0 aliphatic rings. The van der Waals surface area contributed by atoms with E-state index in [0.29, 0.717) is 17.3 Å². The van der Waals surface area contributed by atoms with Crippen molar-refractivity contribution in [3.8, 4) is 0 Å². The molecule has 19 heavy (non-hydrogen) atoms. The van der Waals surface area contributed by atoms with Crippen LogP contribution in [-0.4, -0.2) is 9.97 Å². The Bertz CT molecular complexity index is 644. The molecule has 0 saturated heterocycles. The first-order valence-electron chi connectivity index (χ1n) is 5.99. The smallest absolute Gasteiger partial charge is 0.252 e. The van der Waals surface area contributed by atoms with Gasteiger partial charge in [-0.3, -0.25) is 9.78 Å². The zero-order valence-corrected chi connectivity index (χ0v) is 11.1. The molecule has 0 amide bonds. The van der Waals surface area contributed by atoms with Gasteiger partial charge < -0.3 is 5.32 Å². The average molecular weight is 261 g/mol. The Labute approximate surface area is 110 Å². The fourth-order valence-corrected chi connectivity index (χ4v) is 1.60. The monoisotopic (exact) mass is 261 g/mol. The van der Waals surface area contributed by atoms with E-state index in [1.165, 1.54) is 18.2 Å². The van der Waals surface area contributed by atoms with Crippen LogP contribution in [0.3, 0.4) is 0 Å². The fourth-order valence-electron chi connectivity index (χ4n) is 1.60. The van der Waals surface area contributed by atoms with E-state index in [2.05, 4.69) is 15.3 Å². The van der Waals surface area contributed by atoms with Gasteiger partial charge in [-0.05, 0) is 18.2 Å². The van der Waals surface area contributed by atoms with Gasteiger partial charge >= 0.3 is 0 Å². The van der Waals surface area contributed by atoms with Crippen LogP contribution in [0.15, 0.2) is 35.1 Å². The van der Waals surface area contributed by atoms with Gasteiger partial charge in [-0.2, -0.15) is 0 Å². The molecular weight excluding hydrogens is 245 g/mol. The standard InChI is InChI=1S/C14H16FN3O/c1-14(2,3)11-8-12(19)18-13(17-11)16-10-6-4-5-9(15)7-10/h4-8H,1-3H3,(H2,16,17,18,19). The van der Waals surface area contributed by atoms with Crippen LogP contribution in [-0.2, 0) is 5.41 Å². The van der Waals surface area contributed by atoms with E-state index in [1.807, 2.05) is 20.8 Å². The molecule has 1 aromatic carbocycles. The van der Waals surface area contributed by atoms with Crippen molar-refractivity contribution in [1.82, 2.24) is 9.97 Å². The van der Waals surface area contributed by atoms with Gasteiger partial charge in [-0.25, -0.2) is 9.37 Å². The predicted molar refractivity (Wildman–Crippen MR) is 73.2 cm³/mol. The molecule has 0 unspecified atom stereocenters. The minimum atomic E-state index is -0.348. The first-order chi connectivity index (χ1) is 8.84.